The average molecular weight is 512 g/mol. The van der Waals surface area contributed by atoms with Gasteiger partial charge in [0.2, 0.25) is 17.7 Å². The van der Waals surface area contributed by atoms with Gasteiger partial charge in [0.1, 0.15) is 18.1 Å². The zero-order chi connectivity index (χ0) is 27.4. The fraction of sp³-hybridized carbons (Fsp3) is 0.619. The molecule has 1 rings (SSSR count). The lowest BCUT2D eigenvalue weighted by Gasteiger charge is -2.28. The van der Waals surface area contributed by atoms with Crippen LogP contribution in [-0.2, 0) is 25.6 Å². The first-order valence-electron chi connectivity index (χ1n) is 11.4. The van der Waals surface area contributed by atoms with Gasteiger partial charge in [-0.15, -0.1) is 0 Å². The van der Waals surface area contributed by atoms with E-state index in [9.17, 15) is 29.4 Å². The monoisotopic (exact) mass is 511 g/mol. The molecule has 1 aromatic heterocycles. The highest BCUT2D eigenvalue weighted by Gasteiger charge is 2.33. The molecular weight excluding hydrogens is 474 g/mol. The number of aliphatic carboxylic acids is 1. The Bertz CT molecular complexity index is 900. The van der Waals surface area contributed by atoms with E-state index in [1.165, 1.54) is 19.4 Å². The number of guanidine groups is 1. The van der Waals surface area contributed by atoms with Crippen molar-refractivity contribution in [2.45, 2.75) is 70.3 Å². The van der Waals surface area contributed by atoms with Crippen molar-refractivity contribution in [3.8, 4) is 0 Å². The van der Waals surface area contributed by atoms with Crippen LogP contribution in [0.25, 0.3) is 0 Å². The van der Waals surface area contributed by atoms with Crippen molar-refractivity contribution >= 4 is 29.7 Å². The summed E-state index contributed by atoms with van der Waals surface area (Å²) in [4.78, 5) is 60.2. The van der Waals surface area contributed by atoms with Crippen LogP contribution in [0.3, 0.4) is 0 Å². The highest BCUT2D eigenvalue weighted by molar-refractivity contribution is 5.94. The molecule has 0 aliphatic rings. The van der Waals surface area contributed by atoms with Crippen molar-refractivity contribution in [3.63, 3.8) is 0 Å². The third-order valence-electron chi connectivity index (χ3n) is 5.20. The molecule has 0 aliphatic carbocycles. The Morgan fingerprint density at radius 1 is 1.06 bits per heavy atom. The van der Waals surface area contributed by atoms with Gasteiger partial charge in [0.05, 0.1) is 18.5 Å². The standard InChI is InChI=1S/C21H37N9O6/c1-10(2)15(18(33)28-14(20(35)36)5-4-6-26-21(23)24)29-19(34)16(11(3)31)30-17(32)13(22)7-12-8-25-9-27-12/h8-11,13-16,31H,4-7,22H2,1-3H3,(H,25,27)(H,28,33)(H,29,34)(H,30,32)(H,35,36)(H4,23,24,26). The summed E-state index contributed by atoms with van der Waals surface area (Å²) in [5.41, 5.74) is 17.0. The van der Waals surface area contributed by atoms with E-state index >= 15 is 0 Å². The molecule has 0 radical (unpaired) electrons. The van der Waals surface area contributed by atoms with Crippen molar-refractivity contribution in [1.29, 1.82) is 0 Å². The van der Waals surface area contributed by atoms with E-state index in [-0.39, 0.29) is 25.3 Å². The predicted molar refractivity (Wildman–Crippen MR) is 130 cm³/mol. The van der Waals surface area contributed by atoms with Gasteiger partial charge in [-0.3, -0.25) is 19.4 Å². The lowest BCUT2D eigenvalue weighted by atomic mass is 10.0. The number of nitrogens with two attached hydrogens (primary N) is 3. The Labute approximate surface area is 208 Å². The number of rotatable bonds is 15. The molecule has 1 aromatic rings. The number of carboxylic acid groups (broad SMARTS) is 1. The minimum Gasteiger partial charge on any atom is -0.480 e. The summed E-state index contributed by atoms with van der Waals surface area (Å²) in [6, 6.07) is -4.82. The number of amides is 3. The highest BCUT2D eigenvalue weighted by Crippen LogP contribution is 2.07. The lowest BCUT2D eigenvalue weighted by Crippen LogP contribution is -2.60. The minimum atomic E-state index is -1.41. The molecule has 0 aliphatic heterocycles. The van der Waals surface area contributed by atoms with E-state index in [0.29, 0.717) is 12.1 Å². The summed E-state index contributed by atoms with van der Waals surface area (Å²) in [5.74, 6) is -4.10. The fourth-order valence-corrected chi connectivity index (χ4v) is 3.19. The molecule has 5 unspecified atom stereocenters. The van der Waals surface area contributed by atoms with Crippen LogP contribution in [0.15, 0.2) is 17.5 Å². The van der Waals surface area contributed by atoms with Crippen molar-refractivity contribution < 1.29 is 29.4 Å². The summed E-state index contributed by atoms with van der Waals surface area (Å²) in [6.45, 7) is 4.78. The van der Waals surface area contributed by atoms with Crippen LogP contribution in [0.2, 0.25) is 0 Å². The summed E-state index contributed by atoms with van der Waals surface area (Å²) in [5, 5.41) is 26.8. The van der Waals surface area contributed by atoms with Crippen molar-refractivity contribution in [2.75, 3.05) is 6.54 Å². The first kappa shape index (κ1) is 30.3. The maximum Gasteiger partial charge on any atom is 0.326 e. The number of carbonyl (C=O) groups excluding carboxylic acids is 3. The number of H-pyrrole nitrogens is 1. The average Bonchev–Trinajstić information content (AvgIpc) is 3.29. The highest BCUT2D eigenvalue weighted by atomic mass is 16.4. The molecule has 15 heteroatoms. The topological polar surface area (TPSA) is 264 Å². The van der Waals surface area contributed by atoms with Crippen LogP contribution in [0.5, 0.6) is 0 Å². The van der Waals surface area contributed by atoms with Gasteiger partial charge in [-0.05, 0) is 25.7 Å². The fourth-order valence-electron chi connectivity index (χ4n) is 3.19. The SMILES string of the molecule is CC(C)C(NC(=O)C(NC(=O)C(N)Cc1cnc[nH]1)C(C)O)C(=O)NC(CCCN=C(N)N)C(=O)O. The van der Waals surface area contributed by atoms with Crippen LogP contribution in [0.4, 0.5) is 0 Å². The molecule has 0 saturated heterocycles. The third-order valence-corrected chi connectivity index (χ3v) is 5.20. The number of hydrogen-bond donors (Lipinski definition) is 9. The van der Waals surface area contributed by atoms with E-state index < -0.39 is 59.9 Å². The van der Waals surface area contributed by atoms with Gasteiger partial charge in [-0.1, -0.05) is 13.8 Å². The van der Waals surface area contributed by atoms with E-state index in [0.717, 1.165) is 0 Å². The third kappa shape index (κ3) is 10.3. The summed E-state index contributed by atoms with van der Waals surface area (Å²) >= 11 is 0. The van der Waals surface area contributed by atoms with E-state index in [1.54, 1.807) is 13.8 Å². The van der Waals surface area contributed by atoms with Gasteiger partial charge >= 0.3 is 5.97 Å². The Morgan fingerprint density at radius 3 is 2.17 bits per heavy atom. The van der Waals surface area contributed by atoms with Gasteiger partial charge in [0, 0.05) is 24.9 Å². The second-order valence-corrected chi connectivity index (χ2v) is 8.69. The quantitative estimate of drug-likeness (QED) is 0.0650. The lowest BCUT2D eigenvalue weighted by molar-refractivity contribution is -0.143. The maximum atomic E-state index is 12.9. The Balaban J connectivity index is 2.83. The number of aliphatic imine (C=N–C) groups is 1. The maximum absolute atomic E-state index is 12.9. The molecule has 1 heterocycles. The van der Waals surface area contributed by atoms with Crippen molar-refractivity contribution in [3.05, 3.63) is 18.2 Å². The van der Waals surface area contributed by atoms with Gasteiger partial charge in [0.15, 0.2) is 5.96 Å². The molecular formula is C21H37N9O6. The van der Waals surface area contributed by atoms with Gasteiger partial charge in [0.25, 0.3) is 0 Å². The number of nitrogens with one attached hydrogen (secondary N) is 4. The molecule has 15 nitrogen and oxygen atoms in total. The molecule has 0 fully saturated rings. The van der Waals surface area contributed by atoms with Crippen LogP contribution < -0.4 is 33.2 Å². The molecule has 0 spiro atoms. The molecule has 36 heavy (non-hydrogen) atoms. The zero-order valence-electron chi connectivity index (χ0n) is 20.6. The van der Waals surface area contributed by atoms with Crippen LogP contribution in [0.1, 0.15) is 39.3 Å². The number of aromatic amines is 1. The van der Waals surface area contributed by atoms with E-state index in [4.69, 9.17) is 17.2 Å². The number of hydrogen-bond acceptors (Lipinski definition) is 8. The molecule has 202 valence electrons. The Hall–Kier alpha value is -3.72. The molecule has 3 amide bonds. The normalized spacial score (nSPS) is 15.2. The minimum absolute atomic E-state index is 0.0528. The van der Waals surface area contributed by atoms with Gasteiger partial charge in [-0.2, -0.15) is 0 Å². The van der Waals surface area contributed by atoms with E-state index in [2.05, 4.69) is 30.9 Å². The second-order valence-electron chi connectivity index (χ2n) is 8.69. The predicted octanol–water partition coefficient (Wildman–Crippen LogP) is -3.09. The smallest absolute Gasteiger partial charge is 0.326 e. The number of aliphatic hydroxyl groups excluding tert-OH is 1. The number of aromatic nitrogens is 2. The summed E-state index contributed by atoms with van der Waals surface area (Å²) in [6.07, 6.45) is 2.09. The number of carbonyl (C=O) groups is 4. The number of imidazole rings is 1. The number of aliphatic hydroxyl groups is 1. The Kier molecular flexibility index (Phi) is 12.3. The zero-order valence-corrected chi connectivity index (χ0v) is 20.6. The first-order valence-corrected chi connectivity index (χ1v) is 11.4. The molecule has 12 N–H and O–H groups in total. The molecule has 5 atom stereocenters. The number of carboxylic acids is 1. The van der Waals surface area contributed by atoms with E-state index in [1.807, 2.05) is 0 Å². The first-order chi connectivity index (χ1) is 16.8. The van der Waals surface area contributed by atoms with Crippen molar-refractivity contribution in [1.82, 2.24) is 25.9 Å². The largest absolute Gasteiger partial charge is 0.480 e. The second kappa shape index (κ2) is 14.6. The summed E-state index contributed by atoms with van der Waals surface area (Å²) in [7, 11) is 0. The van der Waals surface area contributed by atoms with Crippen LogP contribution >= 0.6 is 0 Å². The van der Waals surface area contributed by atoms with Crippen molar-refractivity contribution in [2.24, 2.45) is 28.1 Å². The van der Waals surface area contributed by atoms with Gasteiger partial charge < -0.3 is 48.3 Å². The van der Waals surface area contributed by atoms with Crippen LogP contribution in [0, 0.1) is 5.92 Å². The van der Waals surface area contributed by atoms with Gasteiger partial charge in [-0.25, -0.2) is 9.78 Å². The summed E-state index contributed by atoms with van der Waals surface area (Å²) < 4.78 is 0. The Morgan fingerprint density at radius 2 is 1.67 bits per heavy atom. The number of nitrogens with zero attached hydrogens (tertiary/aromatic N) is 2. The molecule has 0 saturated carbocycles. The van der Waals surface area contributed by atoms with Crippen LogP contribution in [-0.4, -0.2) is 86.6 Å². The molecule has 0 aromatic carbocycles. The molecule has 0 bridgehead atoms.